The van der Waals surface area contributed by atoms with Crippen molar-refractivity contribution in [2.45, 2.75) is 52.2 Å². The maximum absolute atomic E-state index is 13.1. The topological polar surface area (TPSA) is 58.6 Å². The summed E-state index contributed by atoms with van der Waals surface area (Å²) in [5.41, 5.74) is 1.88. The Labute approximate surface area is 167 Å². The summed E-state index contributed by atoms with van der Waals surface area (Å²) in [5.74, 6) is 0.535. The van der Waals surface area contributed by atoms with Gasteiger partial charge in [-0.25, -0.2) is 0 Å². The smallest absolute Gasteiger partial charge is 0.242 e. The second-order valence-electron chi connectivity index (χ2n) is 7.03. The van der Waals surface area contributed by atoms with Gasteiger partial charge in [0.1, 0.15) is 11.8 Å². The minimum Gasteiger partial charge on any atom is -0.497 e. The van der Waals surface area contributed by atoms with Gasteiger partial charge in [0.05, 0.1) is 13.5 Å². The molecule has 0 bridgehead atoms. The first kappa shape index (κ1) is 21.5. The predicted molar refractivity (Wildman–Crippen MR) is 111 cm³/mol. The van der Waals surface area contributed by atoms with Crippen molar-refractivity contribution in [3.05, 3.63) is 65.7 Å². The van der Waals surface area contributed by atoms with E-state index in [9.17, 15) is 9.59 Å². The van der Waals surface area contributed by atoms with Crippen LogP contribution < -0.4 is 10.1 Å². The predicted octanol–water partition coefficient (Wildman–Crippen LogP) is 3.57. The molecule has 0 fully saturated rings. The van der Waals surface area contributed by atoms with Crippen molar-refractivity contribution in [1.29, 1.82) is 0 Å². The third-order valence-electron chi connectivity index (χ3n) is 4.88. The van der Waals surface area contributed by atoms with Crippen LogP contribution in [0.3, 0.4) is 0 Å². The average Bonchev–Trinajstić information content (AvgIpc) is 2.72. The van der Waals surface area contributed by atoms with E-state index in [0.29, 0.717) is 6.54 Å². The van der Waals surface area contributed by atoms with Gasteiger partial charge in [-0.05, 0) is 43.5 Å². The summed E-state index contributed by atoms with van der Waals surface area (Å²) < 4.78 is 5.17. The molecule has 0 saturated heterocycles. The SMILES string of the molecule is CC[C@H](C)NC(=O)[C@H](C)N(Cc1ccccc1)C(=O)Cc1ccc(OC)cc1. The second-order valence-corrected chi connectivity index (χ2v) is 7.03. The summed E-state index contributed by atoms with van der Waals surface area (Å²) in [6, 6.07) is 16.7. The van der Waals surface area contributed by atoms with Crippen molar-refractivity contribution in [2.24, 2.45) is 0 Å². The van der Waals surface area contributed by atoms with Gasteiger partial charge in [0.25, 0.3) is 0 Å². The Balaban J connectivity index is 2.17. The number of hydrogen-bond donors (Lipinski definition) is 1. The highest BCUT2D eigenvalue weighted by Gasteiger charge is 2.26. The Bertz CT molecular complexity index is 759. The van der Waals surface area contributed by atoms with E-state index in [2.05, 4.69) is 5.32 Å². The lowest BCUT2D eigenvalue weighted by Gasteiger charge is -2.29. The largest absolute Gasteiger partial charge is 0.497 e. The maximum atomic E-state index is 13.1. The molecule has 2 amide bonds. The van der Waals surface area contributed by atoms with Crippen LogP contribution in [0.1, 0.15) is 38.3 Å². The van der Waals surface area contributed by atoms with Gasteiger partial charge in [0.15, 0.2) is 0 Å². The molecule has 0 unspecified atom stereocenters. The van der Waals surface area contributed by atoms with E-state index in [1.54, 1.807) is 18.9 Å². The van der Waals surface area contributed by atoms with Crippen LogP contribution in [0.2, 0.25) is 0 Å². The van der Waals surface area contributed by atoms with E-state index in [-0.39, 0.29) is 24.3 Å². The minimum atomic E-state index is -0.556. The van der Waals surface area contributed by atoms with Gasteiger partial charge in [-0.2, -0.15) is 0 Å². The molecule has 2 atom stereocenters. The number of rotatable bonds is 9. The van der Waals surface area contributed by atoms with E-state index in [1.165, 1.54) is 0 Å². The number of nitrogens with zero attached hydrogens (tertiary/aromatic N) is 1. The molecule has 5 heteroatoms. The van der Waals surface area contributed by atoms with Gasteiger partial charge in [-0.1, -0.05) is 49.4 Å². The highest BCUT2D eigenvalue weighted by molar-refractivity contribution is 5.88. The fraction of sp³-hybridized carbons (Fsp3) is 0.391. The maximum Gasteiger partial charge on any atom is 0.242 e. The molecule has 1 N–H and O–H groups in total. The van der Waals surface area contributed by atoms with Crippen LogP contribution >= 0.6 is 0 Å². The number of amides is 2. The third-order valence-corrected chi connectivity index (χ3v) is 4.88. The van der Waals surface area contributed by atoms with Gasteiger partial charge in [-0.3, -0.25) is 9.59 Å². The fourth-order valence-electron chi connectivity index (χ4n) is 2.85. The van der Waals surface area contributed by atoms with Crippen LogP contribution in [-0.2, 0) is 22.6 Å². The Hall–Kier alpha value is -2.82. The monoisotopic (exact) mass is 382 g/mol. The molecule has 0 aromatic heterocycles. The summed E-state index contributed by atoms with van der Waals surface area (Å²) in [4.78, 5) is 27.4. The van der Waals surface area contributed by atoms with Gasteiger partial charge in [-0.15, -0.1) is 0 Å². The molecule has 5 nitrogen and oxygen atoms in total. The third kappa shape index (κ3) is 6.12. The lowest BCUT2D eigenvalue weighted by Crippen LogP contribution is -2.49. The summed E-state index contributed by atoms with van der Waals surface area (Å²) in [6.07, 6.45) is 1.08. The Morgan fingerprint density at radius 1 is 1.00 bits per heavy atom. The normalized spacial score (nSPS) is 12.7. The van der Waals surface area contributed by atoms with E-state index < -0.39 is 6.04 Å². The van der Waals surface area contributed by atoms with E-state index in [0.717, 1.165) is 23.3 Å². The van der Waals surface area contributed by atoms with Crippen molar-refractivity contribution >= 4 is 11.8 Å². The highest BCUT2D eigenvalue weighted by Crippen LogP contribution is 2.15. The zero-order chi connectivity index (χ0) is 20.5. The first-order valence-corrected chi connectivity index (χ1v) is 9.71. The zero-order valence-corrected chi connectivity index (χ0v) is 17.1. The molecule has 0 aliphatic rings. The molecule has 150 valence electrons. The summed E-state index contributed by atoms with van der Waals surface area (Å²) in [7, 11) is 1.61. The second kappa shape index (κ2) is 10.5. The number of methoxy groups -OCH3 is 1. The Morgan fingerprint density at radius 3 is 2.21 bits per heavy atom. The summed E-state index contributed by atoms with van der Waals surface area (Å²) in [6.45, 7) is 6.16. The standard InChI is InChI=1S/C23H30N2O3/c1-5-17(2)24-23(27)18(3)25(16-20-9-7-6-8-10-20)22(26)15-19-11-13-21(28-4)14-12-19/h6-14,17-18H,5,15-16H2,1-4H3,(H,24,27)/t17-,18-/m0/s1. The quantitative estimate of drug-likeness (QED) is 0.721. The van der Waals surface area contributed by atoms with Crippen molar-refractivity contribution in [3.8, 4) is 5.75 Å². The van der Waals surface area contributed by atoms with Gasteiger partial charge in [0, 0.05) is 12.6 Å². The molecule has 2 aromatic rings. The summed E-state index contributed by atoms with van der Waals surface area (Å²) >= 11 is 0. The highest BCUT2D eigenvalue weighted by atomic mass is 16.5. The molecule has 0 radical (unpaired) electrons. The molecular formula is C23H30N2O3. The molecule has 0 heterocycles. The number of benzene rings is 2. The molecular weight excluding hydrogens is 352 g/mol. The average molecular weight is 383 g/mol. The molecule has 2 rings (SSSR count). The Morgan fingerprint density at radius 2 is 1.64 bits per heavy atom. The van der Waals surface area contributed by atoms with E-state index in [1.807, 2.05) is 68.4 Å². The van der Waals surface area contributed by atoms with Gasteiger partial charge < -0.3 is 15.0 Å². The molecule has 0 saturated carbocycles. The minimum absolute atomic E-state index is 0.0743. The van der Waals surface area contributed by atoms with Crippen LogP contribution in [0.25, 0.3) is 0 Å². The number of hydrogen-bond acceptors (Lipinski definition) is 3. The van der Waals surface area contributed by atoms with Gasteiger partial charge in [0.2, 0.25) is 11.8 Å². The number of carbonyl (C=O) groups excluding carboxylic acids is 2. The van der Waals surface area contributed by atoms with Crippen molar-refractivity contribution in [3.63, 3.8) is 0 Å². The Kier molecular flexibility index (Phi) is 8.05. The van der Waals surface area contributed by atoms with E-state index >= 15 is 0 Å². The molecule has 2 aromatic carbocycles. The zero-order valence-electron chi connectivity index (χ0n) is 17.1. The van der Waals surface area contributed by atoms with Crippen molar-refractivity contribution < 1.29 is 14.3 Å². The van der Waals surface area contributed by atoms with Crippen LogP contribution in [0, 0.1) is 0 Å². The van der Waals surface area contributed by atoms with Crippen molar-refractivity contribution in [2.75, 3.05) is 7.11 Å². The van der Waals surface area contributed by atoms with Gasteiger partial charge >= 0.3 is 0 Å². The van der Waals surface area contributed by atoms with Crippen LogP contribution in [0.15, 0.2) is 54.6 Å². The van der Waals surface area contributed by atoms with Crippen LogP contribution in [0.5, 0.6) is 5.75 Å². The lowest BCUT2D eigenvalue weighted by molar-refractivity contribution is -0.140. The molecule has 0 aliphatic heterocycles. The summed E-state index contributed by atoms with van der Waals surface area (Å²) in [5, 5.41) is 2.98. The fourth-order valence-corrected chi connectivity index (χ4v) is 2.85. The number of nitrogens with one attached hydrogen (secondary N) is 1. The first-order chi connectivity index (χ1) is 13.4. The number of ether oxygens (including phenoxy) is 1. The number of carbonyl (C=O) groups is 2. The van der Waals surface area contributed by atoms with Crippen LogP contribution in [-0.4, -0.2) is 35.9 Å². The molecule has 0 aliphatic carbocycles. The molecule has 28 heavy (non-hydrogen) atoms. The molecule has 0 spiro atoms. The van der Waals surface area contributed by atoms with Crippen molar-refractivity contribution in [1.82, 2.24) is 10.2 Å². The van der Waals surface area contributed by atoms with Crippen LogP contribution in [0.4, 0.5) is 0 Å². The lowest BCUT2D eigenvalue weighted by atomic mass is 10.1. The first-order valence-electron chi connectivity index (χ1n) is 9.71. The van der Waals surface area contributed by atoms with E-state index in [4.69, 9.17) is 4.74 Å².